The number of aliphatic hydroxyl groups is 1. The highest BCUT2D eigenvalue weighted by Crippen LogP contribution is 2.10. The topological polar surface area (TPSA) is 52.5 Å². The fourth-order valence-electron chi connectivity index (χ4n) is 1.37. The number of nitrogens with one attached hydrogen (secondary N) is 1. The second-order valence-electron chi connectivity index (χ2n) is 3.69. The summed E-state index contributed by atoms with van der Waals surface area (Å²) in [5, 5.41) is 21.8. The summed E-state index contributed by atoms with van der Waals surface area (Å²) in [5.74, 6) is 0.257. The van der Waals surface area contributed by atoms with Crippen LogP contribution in [-0.2, 0) is 6.42 Å². The van der Waals surface area contributed by atoms with E-state index < -0.39 is 6.23 Å². The van der Waals surface area contributed by atoms with Gasteiger partial charge in [0.1, 0.15) is 12.0 Å². The third-order valence-electron chi connectivity index (χ3n) is 2.28. The van der Waals surface area contributed by atoms with Crippen LogP contribution >= 0.6 is 0 Å². The molecule has 3 nitrogen and oxygen atoms in total. The lowest BCUT2D eigenvalue weighted by atomic mass is 10.1. The van der Waals surface area contributed by atoms with Crippen molar-refractivity contribution in [1.82, 2.24) is 5.32 Å². The summed E-state index contributed by atoms with van der Waals surface area (Å²) in [6.45, 7) is 2.96. The van der Waals surface area contributed by atoms with Crippen LogP contribution in [-0.4, -0.2) is 23.0 Å². The van der Waals surface area contributed by atoms with Crippen LogP contribution < -0.4 is 5.32 Å². The molecule has 0 aromatic heterocycles. The van der Waals surface area contributed by atoms with Gasteiger partial charge in [-0.25, -0.2) is 0 Å². The second kappa shape index (κ2) is 6.43. The lowest BCUT2D eigenvalue weighted by molar-refractivity contribution is 0.137. The van der Waals surface area contributed by atoms with Crippen molar-refractivity contribution in [1.29, 1.82) is 0 Å². The van der Waals surface area contributed by atoms with Gasteiger partial charge in [0, 0.05) is 6.42 Å². The first-order chi connectivity index (χ1) is 7.22. The molecule has 15 heavy (non-hydrogen) atoms. The summed E-state index contributed by atoms with van der Waals surface area (Å²) >= 11 is 0. The Balaban J connectivity index is 2.31. The molecule has 1 atom stereocenters. The van der Waals surface area contributed by atoms with Gasteiger partial charge in [-0.05, 0) is 30.7 Å². The van der Waals surface area contributed by atoms with E-state index >= 15 is 0 Å². The quantitative estimate of drug-likeness (QED) is 0.493. The fraction of sp³-hybridized carbons (Fsp3) is 0.500. The molecule has 0 saturated heterocycles. The lowest BCUT2D eigenvalue weighted by Gasteiger charge is -2.12. The van der Waals surface area contributed by atoms with Crippen molar-refractivity contribution in [3.05, 3.63) is 29.8 Å². The molecular weight excluding hydrogens is 190 g/mol. The van der Waals surface area contributed by atoms with E-state index in [0.29, 0.717) is 6.42 Å². The first-order valence-corrected chi connectivity index (χ1v) is 5.41. The molecule has 1 unspecified atom stereocenters. The molecule has 0 amide bonds. The van der Waals surface area contributed by atoms with Crippen LogP contribution in [0.15, 0.2) is 24.3 Å². The van der Waals surface area contributed by atoms with Gasteiger partial charge < -0.3 is 10.2 Å². The van der Waals surface area contributed by atoms with Crippen molar-refractivity contribution in [3.8, 4) is 5.75 Å². The molecule has 3 heteroatoms. The van der Waals surface area contributed by atoms with E-state index in [1.807, 2.05) is 12.1 Å². The van der Waals surface area contributed by atoms with Gasteiger partial charge in [-0.2, -0.15) is 0 Å². The SMILES string of the molecule is CCCCNC(O)Cc1ccc(O)cc1. The standard InChI is InChI=1S/C12H19NO2/c1-2-3-8-13-12(15)9-10-4-6-11(14)7-5-10/h4-7,12-15H,2-3,8-9H2,1H3. The minimum absolute atomic E-state index is 0.257. The molecule has 3 N–H and O–H groups in total. The van der Waals surface area contributed by atoms with Gasteiger partial charge in [0.15, 0.2) is 0 Å². The van der Waals surface area contributed by atoms with E-state index in [4.69, 9.17) is 5.11 Å². The predicted molar refractivity (Wildman–Crippen MR) is 60.7 cm³/mol. The van der Waals surface area contributed by atoms with Crippen molar-refractivity contribution in [2.24, 2.45) is 0 Å². The minimum Gasteiger partial charge on any atom is -0.508 e. The maximum absolute atomic E-state index is 9.62. The van der Waals surface area contributed by atoms with Crippen molar-refractivity contribution >= 4 is 0 Å². The Hall–Kier alpha value is -1.06. The Morgan fingerprint density at radius 2 is 1.93 bits per heavy atom. The molecule has 1 rings (SSSR count). The normalized spacial score (nSPS) is 12.7. The average molecular weight is 209 g/mol. The van der Waals surface area contributed by atoms with Gasteiger partial charge in [-0.1, -0.05) is 25.5 Å². The van der Waals surface area contributed by atoms with Gasteiger partial charge in [0.2, 0.25) is 0 Å². The molecule has 0 radical (unpaired) electrons. The number of phenols is 1. The molecule has 0 heterocycles. The Labute approximate surface area is 90.8 Å². The Kier molecular flexibility index (Phi) is 5.15. The van der Waals surface area contributed by atoms with Gasteiger partial charge in [0.25, 0.3) is 0 Å². The Morgan fingerprint density at radius 3 is 2.53 bits per heavy atom. The van der Waals surface area contributed by atoms with Crippen LogP contribution in [0.2, 0.25) is 0 Å². The largest absolute Gasteiger partial charge is 0.508 e. The molecule has 0 aliphatic rings. The van der Waals surface area contributed by atoms with E-state index in [1.165, 1.54) is 0 Å². The number of hydrogen-bond donors (Lipinski definition) is 3. The van der Waals surface area contributed by atoms with Gasteiger partial charge in [0.05, 0.1) is 0 Å². The van der Waals surface area contributed by atoms with Crippen LogP contribution in [0.25, 0.3) is 0 Å². The van der Waals surface area contributed by atoms with Gasteiger partial charge in [-0.15, -0.1) is 0 Å². The number of rotatable bonds is 6. The summed E-state index contributed by atoms with van der Waals surface area (Å²) in [5.41, 5.74) is 1.02. The number of unbranched alkanes of at least 4 members (excludes halogenated alkanes) is 1. The van der Waals surface area contributed by atoms with E-state index in [2.05, 4.69) is 12.2 Å². The molecule has 0 spiro atoms. The zero-order valence-corrected chi connectivity index (χ0v) is 9.11. The smallest absolute Gasteiger partial charge is 0.115 e. The van der Waals surface area contributed by atoms with E-state index in [0.717, 1.165) is 24.9 Å². The Bertz CT molecular complexity index is 271. The van der Waals surface area contributed by atoms with Crippen molar-refractivity contribution in [3.63, 3.8) is 0 Å². The second-order valence-corrected chi connectivity index (χ2v) is 3.69. The van der Waals surface area contributed by atoms with E-state index in [9.17, 15) is 5.11 Å². The molecule has 84 valence electrons. The average Bonchev–Trinajstić information content (AvgIpc) is 2.22. The van der Waals surface area contributed by atoms with E-state index in [-0.39, 0.29) is 5.75 Å². The molecule has 0 bridgehead atoms. The predicted octanol–water partition coefficient (Wildman–Crippen LogP) is 1.64. The summed E-state index contributed by atoms with van der Waals surface area (Å²) in [4.78, 5) is 0. The first-order valence-electron chi connectivity index (χ1n) is 5.41. The van der Waals surface area contributed by atoms with Gasteiger partial charge >= 0.3 is 0 Å². The monoisotopic (exact) mass is 209 g/mol. The number of phenolic OH excluding ortho intramolecular Hbond substituents is 1. The number of hydrogen-bond acceptors (Lipinski definition) is 3. The molecular formula is C12H19NO2. The van der Waals surface area contributed by atoms with Gasteiger partial charge in [-0.3, -0.25) is 5.32 Å². The van der Waals surface area contributed by atoms with Crippen LogP contribution in [0.4, 0.5) is 0 Å². The maximum atomic E-state index is 9.62. The van der Waals surface area contributed by atoms with Crippen LogP contribution in [0.1, 0.15) is 25.3 Å². The maximum Gasteiger partial charge on any atom is 0.115 e. The molecule has 0 saturated carbocycles. The highest BCUT2D eigenvalue weighted by molar-refractivity contribution is 5.26. The highest BCUT2D eigenvalue weighted by Gasteiger charge is 2.03. The summed E-state index contributed by atoms with van der Waals surface area (Å²) in [6, 6.07) is 6.91. The number of benzene rings is 1. The number of aliphatic hydroxyl groups excluding tert-OH is 1. The van der Waals surface area contributed by atoms with Crippen molar-refractivity contribution in [2.45, 2.75) is 32.4 Å². The highest BCUT2D eigenvalue weighted by atomic mass is 16.3. The van der Waals surface area contributed by atoms with Crippen molar-refractivity contribution in [2.75, 3.05) is 6.54 Å². The Morgan fingerprint density at radius 1 is 1.27 bits per heavy atom. The zero-order chi connectivity index (χ0) is 11.1. The summed E-state index contributed by atoms with van der Waals surface area (Å²) in [7, 11) is 0. The molecule has 0 aliphatic carbocycles. The van der Waals surface area contributed by atoms with Crippen LogP contribution in [0, 0.1) is 0 Å². The van der Waals surface area contributed by atoms with E-state index in [1.54, 1.807) is 12.1 Å². The third kappa shape index (κ3) is 4.81. The zero-order valence-electron chi connectivity index (χ0n) is 9.11. The minimum atomic E-state index is -0.499. The lowest BCUT2D eigenvalue weighted by Crippen LogP contribution is -2.31. The van der Waals surface area contributed by atoms with Crippen LogP contribution in [0.3, 0.4) is 0 Å². The first kappa shape index (κ1) is 12.0. The molecule has 0 fully saturated rings. The summed E-state index contributed by atoms with van der Waals surface area (Å²) < 4.78 is 0. The fourth-order valence-corrected chi connectivity index (χ4v) is 1.37. The third-order valence-corrected chi connectivity index (χ3v) is 2.28. The molecule has 0 aliphatic heterocycles. The summed E-state index contributed by atoms with van der Waals surface area (Å²) in [6.07, 6.45) is 2.27. The van der Waals surface area contributed by atoms with Crippen molar-refractivity contribution < 1.29 is 10.2 Å². The number of aromatic hydroxyl groups is 1. The molecule has 1 aromatic rings. The molecule has 1 aromatic carbocycles. The van der Waals surface area contributed by atoms with Crippen LogP contribution in [0.5, 0.6) is 5.75 Å².